The van der Waals surface area contributed by atoms with Crippen LogP contribution in [-0.2, 0) is 17.7 Å². The molecule has 3 N–H and O–H groups in total. The van der Waals surface area contributed by atoms with Crippen LogP contribution in [0.15, 0.2) is 18.2 Å². The maximum absolute atomic E-state index is 11.9. The first-order chi connectivity index (χ1) is 14.6. The van der Waals surface area contributed by atoms with Gasteiger partial charge in [0.25, 0.3) is 0 Å². The van der Waals surface area contributed by atoms with Crippen molar-refractivity contribution in [3.8, 4) is 11.4 Å². The maximum Gasteiger partial charge on any atom is 0.319 e. The average molecular weight is 411 g/mol. The third kappa shape index (κ3) is 4.24. The van der Waals surface area contributed by atoms with E-state index in [9.17, 15) is 4.79 Å². The molecule has 0 saturated carbocycles. The van der Waals surface area contributed by atoms with Crippen LogP contribution in [0.1, 0.15) is 30.7 Å². The Morgan fingerprint density at radius 3 is 3.00 bits per heavy atom. The summed E-state index contributed by atoms with van der Waals surface area (Å²) >= 11 is 0. The number of fused-ring (bicyclic) bond motifs is 1. The fourth-order valence-corrected chi connectivity index (χ4v) is 4.02. The minimum Gasteiger partial charge on any atom is -0.377 e. The van der Waals surface area contributed by atoms with Crippen molar-refractivity contribution in [2.45, 2.75) is 39.8 Å². The summed E-state index contributed by atoms with van der Waals surface area (Å²) in [5.41, 5.74) is 5.02. The Hall–Kier alpha value is -2.71. The van der Waals surface area contributed by atoms with Crippen molar-refractivity contribution >= 4 is 17.5 Å². The fraction of sp³-hybridized carbons (Fsp3) is 0.500. The van der Waals surface area contributed by atoms with Gasteiger partial charge in [-0.15, -0.1) is 0 Å². The maximum atomic E-state index is 11.9. The molecule has 160 valence electrons. The highest BCUT2D eigenvalue weighted by molar-refractivity contribution is 5.90. The number of urea groups is 1. The molecule has 3 heterocycles. The highest BCUT2D eigenvalue weighted by Crippen LogP contribution is 2.30. The predicted octanol–water partition coefficient (Wildman–Crippen LogP) is 2.46. The van der Waals surface area contributed by atoms with E-state index < -0.39 is 0 Å². The van der Waals surface area contributed by atoms with Crippen LogP contribution < -0.4 is 20.9 Å². The third-order valence-electron chi connectivity index (χ3n) is 5.62. The summed E-state index contributed by atoms with van der Waals surface area (Å²) in [5.74, 6) is 1.76. The first kappa shape index (κ1) is 20.6. The van der Waals surface area contributed by atoms with E-state index in [0.29, 0.717) is 13.2 Å². The number of anilines is 2. The van der Waals surface area contributed by atoms with Gasteiger partial charge in [-0.2, -0.15) is 0 Å². The molecule has 4 rings (SSSR count). The molecular weight excluding hydrogens is 380 g/mol. The first-order valence-corrected chi connectivity index (χ1v) is 10.7. The smallest absolute Gasteiger partial charge is 0.319 e. The summed E-state index contributed by atoms with van der Waals surface area (Å²) in [7, 11) is 0. The van der Waals surface area contributed by atoms with Gasteiger partial charge < -0.3 is 25.6 Å². The van der Waals surface area contributed by atoms with Crippen molar-refractivity contribution in [3.63, 3.8) is 0 Å². The lowest BCUT2D eigenvalue weighted by molar-refractivity contribution is 0.0984. The van der Waals surface area contributed by atoms with Crippen LogP contribution in [0, 0.1) is 6.92 Å². The number of carbonyl (C=O) groups excluding carboxylic acids is 1. The zero-order chi connectivity index (χ0) is 21.1. The van der Waals surface area contributed by atoms with Gasteiger partial charge in [0, 0.05) is 36.4 Å². The van der Waals surface area contributed by atoms with Gasteiger partial charge in [-0.3, -0.25) is 0 Å². The van der Waals surface area contributed by atoms with Crippen molar-refractivity contribution < 1.29 is 9.53 Å². The number of ether oxygens (including phenoxy) is 1. The summed E-state index contributed by atoms with van der Waals surface area (Å²) in [4.78, 5) is 24.1. The summed E-state index contributed by atoms with van der Waals surface area (Å²) in [6.45, 7) is 10.6. The minimum atomic E-state index is -0.201. The van der Waals surface area contributed by atoms with Gasteiger partial charge in [-0.05, 0) is 57.5 Å². The van der Waals surface area contributed by atoms with Crippen molar-refractivity contribution in [3.05, 3.63) is 35.0 Å². The van der Waals surface area contributed by atoms with Crippen LogP contribution in [0.3, 0.4) is 0 Å². The lowest BCUT2D eigenvalue weighted by Crippen LogP contribution is -2.45. The zero-order valence-corrected chi connectivity index (χ0v) is 17.9. The fourth-order valence-electron chi connectivity index (χ4n) is 4.02. The summed E-state index contributed by atoms with van der Waals surface area (Å²) in [6.07, 6.45) is 0.934. The van der Waals surface area contributed by atoms with Crippen LogP contribution in [-0.4, -0.2) is 54.9 Å². The molecular formula is C22H30N6O2. The summed E-state index contributed by atoms with van der Waals surface area (Å²) in [5, 5.41) is 9.06. The lowest BCUT2D eigenvalue weighted by atomic mass is 10.0. The van der Waals surface area contributed by atoms with Gasteiger partial charge in [0.05, 0.1) is 24.9 Å². The Morgan fingerprint density at radius 2 is 2.23 bits per heavy atom. The number of hydrogen-bond acceptors (Lipinski definition) is 6. The molecule has 1 saturated heterocycles. The number of aromatic nitrogens is 2. The van der Waals surface area contributed by atoms with Crippen molar-refractivity contribution in [1.82, 2.24) is 20.6 Å². The van der Waals surface area contributed by atoms with Gasteiger partial charge in [-0.1, -0.05) is 0 Å². The molecule has 0 aliphatic carbocycles. The number of carbonyl (C=O) groups is 1. The number of amides is 2. The summed E-state index contributed by atoms with van der Waals surface area (Å²) < 4.78 is 5.63. The van der Waals surface area contributed by atoms with Gasteiger partial charge in [0.15, 0.2) is 5.82 Å². The van der Waals surface area contributed by atoms with Crippen molar-refractivity contribution in [2.24, 2.45) is 0 Å². The van der Waals surface area contributed by atoms with Crippen LogP contribution in [0.5, 0.6) is 0 Å². The molecule has 0 radical (unpaired) electrons. The predicted molar refractivity (Wildman–Crippen MR) is 118 cm³/mol. The highest BCUT2D eigenvalue weighted by Gasteiger charge is 2.27. The molecule has 30 heavy (non-hydrogen) atoms. The zero-order valence-electron chi connectivity index (χ0n) is 17.9. The van der Waals surface area contributed by atoms with Gasteiger partial charge >= 0.3 is 6.03 Å². The first-order valence-electron chi connectivity index (χ1n) is 10.7. The molecule has 0 spiro atoms. The molecule has 2 aliphatic heterocycles. The number of hydrogen-bond donors (Lipinski definition) is 3. The molecule has 1 unspecified atom stereocenters. The van der Waals surface area contributed by atoms with Crippen LogP contribution in [0.4, 0.5) is 16.3 Å². The lowest BCUT2D eigenvalue weighted by Gasteiger charge is -2.36. The quantitative estimate of drug-likeness (QED) is 0.717. The Bertz CT molecular complexity index is 932. The van der Waals surface area contributed by atoms with Crippen molar-refractivity contribution in [1.29, 1.82) is 0 Å². The molecule has 8 nitrogen and oxygen atoms in total. The Balaban J connectivity index is 1.69. The monoisotopic (exact) mass is 410 g/mol. The molecule has 0 bridgehead atoms. The molecule has 1 fully saturated rings. The Morgan fingerprint density at radius 1 is 1.37 bits per heavy atom. The van der Waals surface area contributed by atoms with E-state index in [-0.39, 0.29) is 12.1 Å². The van der Waals surface area contributed by atoms with E-state index >= 15 is 0 Å². The number of rotatable bonds is 4. The third-order valence-corrected chi connectivity index (χ3v) is 5.62. The molecule has 1 aromatic heterocycles. The number of morpholine rings is 1. The highest BCUT2D eigenvalue weighted by atomic mass is 16.5. The normalized spacial score (nSPS) is 18.6. The largest absolute Gasteiger partial charge is 0.377 e. The van der Waals surface area contributed by atoms with Gasteiger partial charge in [0.2, 0.25) is 0 Å². The van der Waals surface area contributed by atoms with E-state index in [4.69, 9.17) is 14.7 Å². The molecule has 2 amide bonds. The summed E-state index contributed by atoms with van der Waals surface area (Å²) in [6, 6.07) is 6.00. The Labute approximate surface area is 177 Å². The molecule has 1 aromatic carbocycles. The second-order valence-electron chi connectivity index (χ2n) is 7.85. The van der Waals surface area contributed by atoms with Gasteiger partial charge in [0.1, 0.15) is 5.82 Å². The van der Waals surface area contributed by atoms with Crippen LogP contribution in [0.2, 0.25) is 0 Å². The number of nitrogens with zero attached hydrogens (tertiary/aromatic N) is 3. The van der Waals surface area contributed by atoms with Gasteiger partial charge in [-0.25, -0.2) is 14.8 Å². The molecule has 2 aliphatic rings. The molecule has 8 heteroatoms. The second kappa shape index (κ2) is 8.97. The standard InChI is InChI=1S/C22H30N6O2/c1-4-24-22(29)26-18-6-5-16(11-14(18)2)20-25-19-12-23-8-7-17(19)21(27-20)28-9-10-30-13-15(28)3/h5-6,11,15,23H,4,7-10,12-13H2,1-3H3,(H2,24,26,29). The topological polar surface area (TPSA) is 91.4 Å². The SMILES string of the molecule is CCNC(=O)Nc1ccc(-c2nc3c(c(N4CCOCC4C)n2)CCNC3)cc1C. The number of benzene rings is 1. The number of aryl methyl sites for hydroxylation is 1. The van der Waals surface area contributed by atoms with E-state index in [0.717, 1.165) is 66.8 Å². The van der Waals surface area contributed by atoms with Crippen LogP contribution in [0.25, 0.3) is 11.4 Å². The van der Waals surface area contributed by atoms with E-state index in [2.05, 4.69) is 27.8 Å². The second-order valence-corrected chi connectivity index (χ2v) is 7.85. The van der Waals surface area contributed by atoms with E-state index in [1.54, 1.807) is 0 Å². The van der Waals surface area contributed by atoms with Crippen LogP contribution >= 0.6 is 0 Å². The molecule has 1 atom stereocenters. The average Bonchev–Trinajstić information content (AvgIpc) is 2.75. The van der Waals surface area contributed by atoms with Crippen molar-refractivity contribution in [2.75, 3.05) is 43.1 Å². The number of nitrogens with one attached hydrogen (secondary N) is 3. The molecule has 2 aromatic rings. The Kier molecular flexibility index (Phi) is 6.15. The van der Waals surface area contributed by atoms with E-state index in [1.165, 1.54) is 5.56 Å². The van der Waals surface area contributed by atoms with E-state index in [1.807, 2.05) is 32.0 Å². The minimum absolute atomic E-state index is 0.201.